The first-order valence-electron chi connectivity index (χ1n) is 6.91. The lowest BCUT2D eigenvalue weighted by molar-refractivity contribution is -0.140. The van der Waals surface area contributed by atoms with Gasteiger partial charge in [0.25, 0.3) is 5.91 Å². The number of esters is 1. The van der Waals surface area contributed by atoms with E-state index in [-0.39, 0.29) is 0 Å². The first-order chi connectivity index (χ1) is 11.3. The summed E-state index contributed by atoms with van der Waals surface area (Å²) in [6.07, 6.45) is -4.51. The molecule has 1 aromatic carbocycles. The summed E-state index contributed by atoms with van der Waals surface area (Å²) in [5.41, 5.74) is 2.54. The van der Waals surface area contributed by atoms with Crippen LogP contribution in [0, 0.1) is 6.92 Å². The number of ether oxygens (including phenoxy) is 1. The monoisotopic (exact) mass is 357 g/mol. The number of amides is 1. The van der Waals surface area contributed by atoms with Crippen molar-refractivity contribution in [1.82, 2.24) is 5.32 Å². The van der Waals surface area contributed by atoms with Crippen LogP contribution in [0.2, 0.25) is 0 Å². The number of hydrogen-bond acceptors (Lipinski definition) is 4. The molecule has 2 aromatic rings. The van der Waals surface area contributed by atoms with Crippen molar-refractivity contribution in [2.45, 2.75) is 13.1 Å². The van der Waals surface area contributed by atoms with Crippen LogP contribution in [0.25, 0.3) is 11.1 Å². The molecule has 0 fully saturated rings. The van der Waals surface area contributed by atoms with Gasteiger partial charge in [-0.1, -0.05) is 29.8 Å². The number of nitrogens with one attached hydrogen (secondary N) is 1. The van der Waals surface area contributed by atoms with Gasteiger partial charge in [0, 0.05) is 5.56 Å². The topological polar surface area (TPSA) is 55.4 Å². The normalized spacial score (nSPS) is 11.2. The summed E-state index contributed by atoms with van der Waals surface area (Å²) >= 11 is 1.14. The summed E-state index contributed by atoms with van der Waals surface area (Å²) in [4.78, 5) is 23.6. The summed E-state index contributed by atoms with van der Waals surface area (Å²) in [5.74, 6) is -1.75. The Hall–Kier alpha value is -2.35. The molecule has 8 heteroatoms. The Kier molecular flexibility index (Phi) is 5.61. The van der Waals surface area contributed by atoms with Gasteiger partial charge in [-0.2, -0.15) is 13.2 Å². The molecule has 4 nitrogen and oxygen atoms in total. The van der Waals surface area contributed by atoms with E-state index in [9.17, 15) is 22.8 Å². The van der Waals surface area contributed by atoms with Crippen molar-refractivity contribution in [1.29, 1.82) is 0 Å². The van der Waals surface area contributed by atoms with E-state index in [1.165, 1.54) is 0 Å². The fourth-order valence-electron chi connectivity index (χ4n) is 1.87. The Labute approximate surface area is 140 Å². The van der Waals surface area contributed by atoms with E-state index in [4.69, 9.17) is 4.74 Å². The van der Waals surface area contributed by atoms with Crippen LogP contribution in [0.1, 0.15) is 15.2 Å². The van der Waals surface area contributed by atoms with Crippen LogP contribution in [-0.2, 0) is 9.53 Å². The second-order valence-electron chi connectivity index (χ2n) is 5.00. The highest BCUT2D eigenvalue weighted by molar-refractivity contribution is 7.12. The molecule has 1 heterocycles. The quantitative estimate of drug-likeness (QED) is 0.833. The van der Waals surface area contributed by atoms with Crippen LogP contribution in [0.15, 0.2) is 35.7 Å². The average Bonchev–Trinajstić information content (AvgIpc) is 3.00. The number of alkyl halides is 3. The molecule has 2 rings (SSSR count). The molecule has 0 atom stereocenters. The Balaban J connectivity index is 1.98. The van der Waals surface area contributed by atoms with Gasteiger partial charge >= 0.3 is 12.1 Å². The second kappa shape index (κ2) is 7.48. The minimum atomic E-state index is -4.51. The summed E-state index contributed by atoms with van der Waals surface area (Å²) in [5, 5.41) is 3.34. The van der Waals surface area contributed by atoms with Crippen LogP contribution in [0.5, 0.6) is 0 Å². The zero-order valence-corrected chi connectivity index (χ0v) is 13.5. The van der Waals surface area contributed by atoms with Crippen molar-refractivity contribution in [3.05, 3.63) is 46.2 Å². The molecule has 0 bridgehead atoms. The summed E-state index contributed by atoms with van der Waals surface area (Å²) in [7, 11) is 0. The number of benzene rings is 1. The first kappa shape index (κ1) is 18.0. The lowest BCUT2D eigenvalue weighted by Crippen LogP contribution is -2.36. The molecular formula is C16H14F3NO3S. The number of hydrogen-bond donors (Lipinski definition) is 1. The van der Waals surface area contributed by atoms with E-state index in [2.05, 4.69) is 0 Å². The van der Waals surface area contributed by atoms with Crippen LogP contribution in [-0.4, -0.2) is 31.2 Å². The Morgan fingerprint density at radius 3 is 2.46 bits per heavy atom. The highest BCUT2D eigenvalue weighted by Crippen LogP contribution is 2.29. The number of aryl methyl sites for hydroxylation is 1. The van der Waals surface area contributed by atoms with E-state index < -0.39 is 31.2 Å². The molecule has 0 radical (unpaired) electrons. The molecule has 24 heavy (non-hydrogen) atoms. The van der Waals surface area contributed by atoms with Gasteiger partial charge < -0.3 is 10.1 Å². The molecule has 0 unspecified atom stereocenters. The zero-order valence-electron chi connectivity index (χ0n) is 12.6. The largest absolute Gasteiger partial charge is 0.451 e. The van der Waals surface area contributed by atoms with Gasteiger partial charge in [-0.15, -0.1) is 11.3 Å². The Morgan fingerprint density at radius 2 is 1.83 bits per heavy atom. The highest BCUT2D eigenvalue weighted by Gasteiger charge is 2.28. The lowest BCUT2D eigenvalue weighted by atomic mass is 10.1. The third kappa shape index (κ3) is 5.09. The second-order valence-corrected chi connectivity index (χ2v) is 5.91. The van der Waals surface area contributed by atoms with E-state index in [0.29, 0.717) is 10.4 Å². The summed E-state index contributed by atoms with van der Waals surface area (Å²) in [6.45, 7) is -0.288. The molecule has 0 saturated carbocycles. The minimum Gasteiger partial charge on any atom is -0.451 e. The van der Waals surface area contributed by atoms with Gasteiger partial charge in [0.2, 0.25) is 0 Å². The predicted molar refractivity (Wildman–Crippen MR) is 83.8 cm³/mol. The fourth-order valence-corrected chi connectivity index (χ4v) is 2.68. The molecule has 0 aliphatic rings. The third-order valence-corrected chi connectivity index (χ3v) is 3.93. The summed E-state index contributed by atoms with van der Waals surface area (Å²) in [6, 6.07) is 9.24. The van der Waals surface area contributed by atoms with Crippen molar-refractivity contribution in [3.8, 4) is 11.1 Å². The number of thiophene rings is 1. The van der Waals surface area contributed by atoms with Gasteiger partial charge in [0.05, 0.1) is 0 Å². The zero-order chi connectivity index (χ0) is 17.7. The van der Waals surface area contributed by atoms with Crippen LogP contribution >= 0.6 is 11.3 Å². The van der Waals surface area contributed by atoms with Gasteiger partial charge in [0.15, 0.2) is 6.61 Å². The molecule has 1 aromatic heterocycles. The number of halogens is 3. The Bertz CT molecular complexity index is 723. The van der Waals surface area contributed by atoms with Crippen molar-refractivity contribution in [2.24, 2.45) is 0 Å². The SMILES string of the molecule is Cc1ccc(-c2ccsc2C(=O)OCC(=O)NCC(F)(F)F)cc1. The van der Waals surface area contributed by atoms with Crippen LogP contribution < -0.4 is 5.32 Å². The number of rotatable bonds is 5. The smallest absolute Gasteiger partial charge is 0.405 e. The average molecular weight is 357 g/mol. The standard InChI is InChI=1S/C16H14F3NO3S/c1-10-2-4-11(5-3-10)12-6-7-24-14(12)15(22)23-8-13(21)20-9-16(17,18)19/h2-7H,8-9H2,1H3,(H,20,21). The molecular weight excluding hydrogens is 343 g/mol. The van der Waals surface area contributed by atoms with E-state index in [1.807, 2.05) is 31.2 Å². The van der Waals surface area contributed by atoms with Gasteiger partial charge in [-0.05, 0) is 23.9 Å². The fraction of sp³-hybridized carbons (Fsp3) is 0.250. The predicted octanol–water partition coefficient (Wildman–Crippen LogP) is 3.56. The van der Waals surface area contributed by atoms with Gasteiger partial charge in [0.1, 0.15) is 11.4 Å². The molecule has 128 valence electrons. The first-order valence-corrected chi connectivity index (χ1v) is 7.79. The van der Waals surface area contributed by atoms with Crippen molar-refractivity contribution in [3.63, 3.8) is 0 Å². The Morgan fingerprint density at radius 1 is 1.17 bits per heavy atom. The van der Waals surface area contributed by atoms with E-state index >= 15 is 0 Å². The molecule has 1 N–H and O–H groups in total. The van der Waals surface area contributed by atoms with Gasteiger partial charge in [-0.3, -0.25) is 4.79 Å². The molecule has 0 aliphatic heterocycles. The lowest BCUT2D eigenvalue weighted by Gasteiger charge is -2.09. The maximum atomic E-state index is 12.1. The number of carbonyl (C=O) groups is 2. The molecule has 0 aliphatic carbocycles. The molecule has 0 spiro atoms. The molecule has 0 saturated heterocycles. The maximum absolute atomic E-state index is 12.1. The highest BCUT2D eigenvalue weighted by atomic mass is 32.1. The van der Waals surface area contributed by atoms with E-state index in [0.717, 1.165) is 22.5 Å². The van der Waals surface area contributed by atoms with Gasteiger partial charge in [-0.25, -0.2) is 4.79 Å². The maximum Gasteiger partial charge on any atom is 0.405 e. The van der Waals surface area contributed by atoms with Crippen LogP contribution in [0.4, 0.5) is 13.2 Å². The van der Waals surface area contributed by atoms with E-state index in [1.54, 1.807) is 16.8 Å². The minimum absolute atomic E-state index is 0.294. The van der Waals surface area contributed by atoms with Crippen LogP contribution in [0.3, 0.4) is 0 Å². The summed E-state index contributed by atoms with van der Waals surface area (Å²) < 4.78 is 40.8. The number of carbonyl (C=O) groups excluding carboxylic acids is 2. The van der Waals surface area contributed by atoms with Crippen molar-refractivity contribution < 1.29 is 27.5 Å². The molecule has 1 amide bonds. The third-order valence-electron chi connectivity index (χ3n) is 3.03. The van der Waals surface area contributed by atoms with Crippen molar-refractivity contribution in [2.75, 3.05) is 13.2 Å². The van der Waals surface area contributed by atoms with Crippen molar-refractivity contribution >= 4 is 23.2 Å².